The lowest BCUT2D eigenvalue weighted by Crippen LogP contribution is -2.40. The topological polar surface area (TPSA) is 167 Å². The number of aromatic nitrogens is 1. The van der Waals surface area contributed by atoms with Crippen LogP contribution in [0.2, 0.25) is 0 Å². The summed E-state index contributed by atoms with van der Waals surface area (Å²) in [6.07, 6.45) is 1.08. The molecule has 0 bridgehead atoms. The number of amides is 1. The molecule has 172 valence electrons. The lowest BCUT2D eigenvalue weighted by atomic mass is 10.0. The van der Waals surface area contributed by atoms with Gasteiger partial charge in [-0.1, -0.05) is 18.2 Å². The number of aromatic hydroxyl groups is 1. The van der Waals surface area contributed by atoms with Crippen molar-refractivity contribution in [3.05, 3.63) is 63.9 Å². The first kappa shape index (κ1) is 22.3. The van der Waals surface area contributed by atoms with Crippen LogP contribution in [0.4, 0.5) is 0 Å². The SMILES string of the molecule is CS(=O)(=O)c1ccc(C2COc3cccc4c(O)c(C(=O)NCC(=O)ON)c(=O)n2c34)cc1. The monoisotopic (exact) mass is 473 g/mol. The predicted molar refractivity (Wildman–Crippen MR) is 116 cm³/mol. The number of para-hydroxylation sites is 1. The molecular weight excluding hydrogens is 454 g/mol. The van der Waals surface area contributed by atoms with Crippen molar-refractivity contribution in [3.8, 4) is 11.5 Å². The Balaban J connectivity index is 1.90. The first-order valence-electron chi connectivity index (χ1n) is 9.64. The second kappa shape index (κ2) is 8.22. The standard InChI is InChI=1S/C21H19N3O8S/c1-33(29,30)12-7-5-11(6-8-12)14-10-31-15-4-2-3-13-18(15)24(14)21(28)17(19(13)26)20(27)23-9-16(25)32-22/h2-8,14,26H,9-10,22H2,1H3,(H,23,27). The molecular formula is C21H19N3O8S. The molecule has 4 rings (SSSR count). The van der Waals surface area contributed by atoms with E-state index in [4.69, 9.17) is 10.6 Å². The number of carbonyl (C=O) groups is 2. The van der Waals surface area contributed by atoms with Crippen molar-refractivity contribution in [2.75, 3.05) is 19.4 Å². The van der Waals surface area contributed by atoms with Gasteiger partial charge in [-0.15, -0.1) is 0 Å². The number of pyridine rings is 1. The fourth-order valence-electron chi connectivity index (χ4n) is 3.75. The van der Waals surface area contributed by atoms with Gasteiger partial charge in [0.2, 0.25) is 0 Å². The second-order valence-electron chi connectivity index (χ2n) is 7.39. The molecule has 1 aliphatic rings. The van der Waals surface area contributed by atoms with Crippen molar-refractivity contribution in [1.82, 2.24) is 9.88 Å². The zero-order valence-corrected chi connectivity index (χ0v) is 18.1. The second-order valence-corrected chi connectivity index (χ2v) is 9.41. The Morgan fingerprint density at radius 1 is 1.24 bits per heavy atom. The van der Waals surface area contributed by atoms with Crippen LogP contribution in [-0.4, -0.2) is 49.4 Å². The summed E-state index contributed by atoms with van der Waals surface area (Å²) in [6, 6.07) is 9.97. The molecule has 4 N–H and O–H groups in total. The summed E-state index contributed by atoms with van der Waals surface area (Å²) in [5, 5.41) is 13.1. The van der Waals surface area contributed by atoms with Gasteiger partial charge < -0.3 is 20.0 Å². The number of nitrogens with zero attached hydrogens (tertiary/aromatic N) is 1. The van der Waals surface area contributed by atoms with E-state index in [2.05, 4.69) is 10.2 Å². The minimum absolute atomic E-state index is 0.0234. The van der Waals surface area contributed by atoms with Crippen molar-refractivity contribution >= 4 is 32.6 Å². The van der Waals surface area contributed by atoms with E-state index in [0.29, 0.717) is 11.3 Å². The minimum atomic E-state index is -3.42. The predicted octanol–water partition coefficient (Wildman–Crippen LogP) is 0.239. The Bertz CT molecular complexity index is 1450. The fourth-order valence-corrected chi connectivity index (χ4v) is 4.38. The number of hydrogen-bond donors (Lipinski definition) is 3. The first-order valence-corrected chi connectivity index (χ1v) is 11.5. The van der Waals surface area contributed by atoms with Gasteiger partial charge >= 0.3 is 5.97 Å². The van der Waals surface area contributed by atoms with Crippen molar-refractivity contribution < 1.29 is 32.7 Å². The normalized spacial score (nSPS) is 15.0. The van der Waals surface area contributed by atoms with Crippen LogP contribution in [0, 0.1) is 0 Å². The molecule has 0 fully saturated rings. The number of carbonyl (C=O) groups excluding carboxylic acids is 2. The smallest absolute Gasteiger partial charge is 0.343 e. The molecule has 2 aromatic carbocycles. The van der Waals surface area contributed by atoms with Crippen molar-refractivity contribution in [1.29, 1.82) is 0 Å². The molecule has 1 aromatic heterocycles. The molecule has 11 nitrogen and oxygen atoms in total. The molecule has 0 saturated carbocycles. The zero-order chi connectivity index (χ0) is 23.9. The molecule has 12 heteroatoms. The Hall–Kier alpha value is -3.90. The summed E-state index contributed by atoms with van der Waals surface area (Å²) in [5.74, 6) is 2.59. The lowest BCUT2D eigenvalue weighted by molar-refractivity contribution is -0.142. The van der Waals surface area contributed by atoms with E-state index < -0.39 is 51.2 Å². The highest BCUT2D eigenvalue weighted by molar-refractivity contribution is 7.90. The van der Waals surface area contributed by atoms with Gasteiger partial charge in [0.1, 0.15) is 30.2 Å². The molecule has 1 unspecified atom stereocenters. The third-order valence-electron chi connectivity index (χ3n) is 5.32. The summed E-state index contributed by atoms with van der Waals surface area (Å²) in [6.45, 7) is -0.582. The molecule has 3 aromatic rings. The van der Waals surface area contributed by atoms with Crippen molar-refractivity contribution in [2.24, 2.45) is 5.90 Å². The lowest BCUT2D eigenvalue weighted by Gasteiger charge is -2.29. The van der Waals surface area contributed by atoms with Gasteiger partial charge in [0.15, 0.2) is 9.84 Å². The van der Waals surface area contributed by atoms with E-state index >= 15 is 0 Å². The molecule has 0 aliphatic carbocycles. The Kier molecular flexibility index (Phi) is 5.56. The van der Waals surface area contributed by atoms with Gasteiger partial charge in [0, 0.05) is 11.6 Å². The van der Waals surface area contributed by atoms with Crippen LogP contribution in [0.3, 0.4) is 0 Å². The molecule has 1 amide bonds. The molecule has 33 heavy (non-hydrogen) atoms. The first-order chi connectivity index (χ1) is 15.6. The largest absolute Gasteiger partial charge is 0.506 e. The number of ether oxygens (including phenoxy) is 1. The number of sulfone groups is 1. The highest BCUT2D eigenvalue weighted by Gasteiger charge is 2.31. The van der Waals surface area contributed by atoms with Crippen LogP contribution in [0.1, 0.15) is 22.0 Å². The maximum absolute atomic E-state index is 13.4. The van der Waals surface area contributed by atoms with Crippen molar-refractivity contribution in [3.63, 3.8) is 0 Å². The van der Waals surface area contributed by atoms with Crippen LogP contribution in [0.15, 0.2) is 52.2 Å². The number of hydrogen-bond acceptors (Lipinski definition) is 9. The maximum Gasteiger partial charge on any atom is 0.343 e. The quantitative estimate of drug-likeness (QED) is 0.440. The highest BCUT2D eigenvalue weighted by atomic mass is 32.2. The summed E-state index contributed by atoms with van der Waals surface area (Å²) < 4.78 is 30.7. The Morgan fingerprint density at radius 3 is 2.58 bits per heavy atom. The average molecular weight is 473 g/mol. The number of benzene rings is 2. The van der Waals surface area contributed by atoms with E-state index in [-0.39, 0.29) is 22.4 Å². The molecule has 0 saturated heterocycles. The number of rotatable bonds is 5. The summed E-state index contributed by atoms with van der Waals surface area (Å²) >= 11 is 0. The molecule has 0 spiro atoms. The summed E-state index contributed by atoms with van der Waals surface area (Å²) in [4.78, 5) is 41.5. The molecule has 2 heterocycles. The van der Waals surface area contributed by atoms with Gasteiger partial charge in [-0.3, -0.25) is 14.2 Å². The van der Waals surface area contributed by atoms with Gasteiger partial charge in [0.25, 0.3) is 11.5 Å². The van der Waals surface area contributed by atoms with E-state index in [0.717, 1.165) is 6.26 Å². The van der Waals surface area contributed by atoms with Crippen LogP contribution in [-0.2, 0) is 19.5 Å². The van der Waals surface area contributed by atoms with Crippen LogP contribution >= 0.6 is 0 Å². The Morgan fingerprint density at radius 2 is 1.94 bits per heavy atom. The third kappa shape index (κ3) is 3.90. The van der Waals surface area contributed by atoms with Crippen LogP contribution < -0.4 is 21.5 Å². The summed E-state index contributed by atoms with van der Waals surface area (Å²) in [7, 11) is -3.42. The van der Waals surface area contributed by atoms with Gasteiger partial charge in [0.05, 0.1) is 16.5 Å². The average Bonchev–Trinajstić information content (AvgIpc) is 2.80. The summed E-state index contributed by atoms with van der Waals surface area (Å²) in [5.41, 5.74) is -0.541. The zero-order valence-electron chi connectivity index (χ0n) is 17.3. The van der Waals surface area contributed by atoms with Crippen LogP contribution in [0.5, 0.6) is 11.5 Å². The molecule has 1 aliphatic heterocycles. The van der Waals surface area contributed by atoms with Gasteiger partial charge in [-0.05, 0) is 29.8 Å². The van der Waals surface area contributed by atoms with E-state index in [1.807, 2.05) is 0 Å². The maximum atomic E-state index is 13.4. The highest BCUT2D eigenvalue weighted by Crippen LogP contribution is 2.38. The number of nitrogens with one attached hydrogen (secondary N) is 1. The Labute approximate surface area is 187 Å². The van der Waals surface area contributed by atoms with Crippen molar-refractivity contribution in [2.45, 2.75) is 10.9 Å². The number of nitrogens with two attached hydrogens (primary N) is 1. The van der Waals surface area contributed by atoms with E-state index in [9.17, 15) is 27.9 Å². The fraction of sp³-hybridized carbons (Fsp3) is 0.190. The minimum Gasteiger partial charge on any atom is -0.506 e. The van der Waals surface area contributed by atoms with Crippen LogP contribution in [0.25, 0.3) is 10.9 Å². The van der Waals surface area contributed by atoms with E-state index in [1.54, 1.807) is 24.3 Å². The third-order valence-corrected chi connectivity index (χ3v) is 6.45. The molecule has 1 atom stereocenters. The van der Waals surface area contributed by atoms with Gasteiger partial charge in [-0.25, -0.2) is 13.2 Å². The molecule has 0 radical (unpaired) electrons. The van der Waals surface area contributed by atoms with E-state index in [1.165, 1.54) is 22.8 Å². The van der Waals surface area contributed by atoms with Gasteiger partial charge in [-0.2, -0.15) is 5.90 Å².